The number of benzene rings is 4. The molecule has 0 unspecified atom stereocenters. The molecule has 0 spiro atoms. The highest BCUT2D eigenvalue weighted by molar-refractivity contribution is 7.90. The number of alkyl carbamates (subject to hydrolysis) is 1. The van der Waals surface area contributed by atoms with Crippen LogP contribution in [0.1, 0.15) is 31.9 Å². The van der Waals surface area contributed by atoms with Gasteiger partial charge in [0, 0.05) is 33.0 Å². The Morgan fingerprint density at radius 3 is 2.23 bits per heavy atom. The Morgan fingerprint density at radius 1 is 0.884 bits per heavy atom. The Balaban J connectivity index is 1.71. The summed E-state index contributed by atoms with van der Waals surface area (Å²) in [5, 5.41) is 8.82. The maximum absolute atomic E-state index is 14.3. The number of aryl methyl sites for hydroxylation is 1. The van der Waals surface area contributed by atoms with Crippen LogP contribution < -0.4 is 10.6 Å². The number of nitrogens with zero attached hydrogens (tertiary/aromatic N) is 1. The molecule has 5 aromatic rings. The van der Waals surface area contributed by atoms with Gasteiger partial charge in [0.2, 0.25) is 0 Å². The molecule has 0 bridgehead atoms. The number of rotatable bonds is 7. The second-order valence-corrected chi connectivity index (χ2v) is 14.3. The summed E-state index contributed by atoms with van der Waals surface area (Å²) < 4.78 is 35.3. The molecule has 0 fully saturated rings. The van der Waals surface area contributed by atoms with Crippen molar-refractivity contribution in [2.24, 2.45) is 0 Å². The van der Waals surface area contributed by atoms with E-state index in [0.29, 0.717) is 60.2 Å². The molecular formula is C32H30Cl3N3O4S. The van der Waals surface area contributed by atoms with Crippen molar-refractivity contribution in [3.63, 3.8) is 0 Å². The van der Waals surface area contributed by atoms with Crippen LogP contribution in [0.3, 0.4) is 0 Å². The molecule has 0 radical (unpaired) electrons. The molecule has 0 aliphatic carbocycles. The molecule has 2 N–H and O–H groups in total. The molecule has 0 aliphatic rings. The summed E-state index contributed by atoms with van der Waals surface area (Å²) in [4.78, 5) is 12.6. The van der Waals surface area contributed by atoms with Gasteiger partial charge in [-0.15, -0.1) is 0 Å². The van der Waals surface area contributed by atoms with Crippen LogP contribution in [0.2, 0.25) is 15.1 Å². The van der Waals surface area contributed by atoms with Crippen molar-refractivity contribution < 1.29 is 17.9 Å². The van der Waals surface area contributed by atoms with E-state index in [4.69, 9.17) is 39.5 Å². The normalized spacial score (nSPS) is 12.1. The largest absolute Gasteiger partial charge is 0.444 e. The number of carbonyl (C=O) groups excluding carboxylic acids is 1. The number of amides is 1. The van der Waals surface area contributed by atoms with E-state index >= 15 is 0 Å². The zero-order chi connectivity index (χ0) is 31.1. The number of aromatic nitrogens is 1. The molecule has 1 amide bonds. The van der Waals surface area contributed by atoms with Crippen LogP contribution in [0.5, 0.6) is 0 Å². The molecule has 0 atom stereocenters. The minimum atomic E-state index is -4.04. The van der Waals surface area contributed by atoms with Crippen LogP contribution in [0.15, 0.2) is 77.7 Å². The van der Waals surface area contributed by atoms with Gasteiger partial charge in [-0.05, 0) is 100 Å². The predicted molar refractivity (Wildman–Crippen MR) is 176 cm³/mol. The first kappa shape index (κ1) is 31.0. The van der Waals surface area contributed by atoms with E-state index in [9.17, 15) is 13.2 Å². The van der Waals surface area contributed by atoms with Crippen LogP contribution in [0.4, 0.5) is 16.2 Å². The Morgan fingerprint density at radius 2 is 1.56 bits per heavy atom. The number of carbonyl (C=O) groups is 1. The van der Waals surface area contributed by atoms with E-state index in [1.54, 1.807) is 81.4 Å². The predicted octanol–water partition coefficient (Wildman–Crippen LogP) is 9.11. The number of ether oxygens (including phenoxy) is 1. The maximum Gasteiger partial charge on any atom is 0.407 e. The first-order chi connectivity index (χ1) is 20.2. The summed E-state index contributed by atoms with van der Waals surface area (Å²) >= 11 is 19.0. The highest BCUT2D eigenvalue weighted by Gasteiger charge is 2.26. The highest BCUT2D eigenvalue weighted by Crippen LogP contribution is 2.39. The molecule has 1 aromatic heterocycles. The number of nitrogens with one attached hydrogen (secondary N) is 2. The topological polar surface area (TPSA) is 89.4 Å². The van der Waals surface area contributed by atoms with Gasteiger partial charge in [0.1, 0.15) is 5.60 Å². The molecule has 0 saturated carbocycles. The molecule has 43 heavy (non-hydrogen) atoms. The van der Waals surface area contributed by atoms with Gasteiger partial charge in [-0.2, -0.15) is 0 Å². The van der Waals surface area contributed by atoms with E-state index in [2.05, 4.69) is 10.6 Å². The Kier molecular flexibility index (Phi) is 8.60. The lowest BCUT2D eigenvalue weighted by atomic mass is 10.0. The zero-order valence-electron chi connectivity index (χ0n) is 24.0. The SMILES string of the molecule is Cc1ccc(S(=O)(=O)n2c3ccc(Cl)cc3c3cc(Nc4ccc(Cl)cc4Cl)cc(CCNC(=O)OC(C)(C)C)c32)cc1. The lowest BCUT2D eigenvalue weighted by molar-refractivity contribution is 0.0528. The Labute approximate surface area is 265 Å². The van der Waals surface area contributed by atoms with Crippen LogP contribution >= 0.6 is 34.8 Å². The lowest BCUT2D eigenvalue weighted by Crippen LogP contribution is -2.33. The second kappa shape index (κ2) is 11.9. The van der Waals surface area contributed by atoms with Crippen molar-refractivity contribution in [3.8, 4) is 0 Å². The average Bonchev–Trinajstić information content (AvgIpc) is 3.24. The summed E-state index contributed by atoms with van der Waals surface area (Å²) in [7, 11) is -4.04. The van der Waals surface area contributed by atoms with E-state index in [-0.39, 0.29) is 11.4 Å². The highest BCUT2D eigenvalue weighted by atomic mass is 35.5. The fraction of sp³-hybridized carbons (Fsp3) is 0.219. The van der Waals surface area contributed by atoms with E-state index in [1.165, 1.54) is 3.97 Å². The van der Waals surface area contributed by atoms with Crippen molar-refractivity contribution in [3.05, 3.63) is 99.0 Å². The third kappa shape index (κ3) is 6.73. The van der Waals surface area contributed by atoms with E-state index < -0.39 is 21.7 Å². The standard InChI is InChI=1S/C32H30Cl3N3O4S/c1-19-5-9-24(10-6-19)43(40,41)38-29-12-8-21(33)16-25(29)26-18-23(37-28-11-7-22(34)17-27(28)35)15-20(30(26)38)13-14-36-31(39)42-32(2,3)4/h5-12,15-18,37H,13-14H2,1-4H3,(H,36,39). The lowest BCUT2D eigenvalue weighted by Gasteiger charge is -2.20. The number of halogens is 3. The monoisotopic (exact) mass is 657 g/mol. The molecule has 11 heteroatoms. The summed E-state index contributed by atoms with van der Waals surface area (Å²) in [5.41, 5.74) is 3.20. The van der Waals surface area contributed by atoms with Crippen LogP contribution in [-0.2, 0) is 21.2 Å². The quantitative estimate of drug-likeness (QED) is 0.182. The van der Waals surface area contributed by atoms with Crippen LogP contribution in [-0.4, -0.2) is 30.6 Å². The van der Waals surface area contributed by atoms with Crippen molar-refractivity contribution in [1.29, 1.82) is 0 Å². The number of hydrogen-bond acceptors (Lipinski definition) is 5. The molecular weight excluding hydrogens is 629 g/mol. The van der Waals surface area contributed by atoms with Gasteiger partial charge in [-0.1, -0.05) is 52.5 Å². The van der Waals surface area contributed by atoms with E-state index in [1.807, 2.05) is 19.1 Å². The fourth-order valence-electron chi connectivity index (χ4n) is 4.85. The second-order valence-electron chi connectivity index (χ2n) is 11.2. The van der Waals surface area contributed by atoms with Crippen molar-refractivity contribution in [1.82, 2.24) is 9.29 Å². The van der Waals surface area contributed by atoms with Gasteiger partial charge in [-0.3, -0.25) is 0 Å². The fourth-order valence-corrected chi connectivity index (χ4v) is 7.04. The molecule has 0 saturated heterocycles. The summed E-state index contributed by atoms with van der Waals surface area (Å²) in [6.45, 7) is 7.45. The molecule has 4 aromatic carbocycles. The van der Waals surface area contributed by atoms with Crippen molar-refractivity contribution >= 4 is 84.1 Å². The minimum absolute atomic E-state index is 0.153. The third-order valence-corrected chi connectivity index (χ3v) is 9.20. The van der Waals surface area contributed by atoms with Gasteiger partial charge in [0.15, 0.2) is 0 Å². The minimum Gasteiger partial charge on any atom is -0.444 e. The molecule has 5 rings (SSSR count). The van der Waals surface area contributed by atoms with Crippen LogP contribution in [0.25, 0.3) is 21.8 Å². The first-order valence-corrected chi connectivity index (χ1v) is 16.1. The average molecular weight is 659 g/mol. The van der Waals surface area contributed by atoms with Crippen molar-refractivity contribution in [2.75, 3.05) is 11.9 Å². The summed E-state index contributed by atoms with van der Waals surface area (Å²) in [6.07, 6.45) is -0.266. The first-order valence-electron chi connectivity index (χ1n) is 13.5. The van der Waals surface area contributed by atoms with Crippen LogP contribution in [0, 0.1) is 6.92 Å². The van der Waals surface area contributed by atoms with Gasteiger partial charge < -0.3 is 15.4 Å². The molecule has 7 nitrogen and oxygen atoms in total. The van der Waals surface area contributed by atoms with E-state index in [0.717, 1.165) is 5.56 Å². The molecule has 0 aliphatic heterocycles. The number of hydrogen-bond donors (Lipinski definition) is 2. The van der Waals surface area contributed by atoms with Gasteiger partial charge in [0.25, 0.3) is 10.0 Å². The summed E-state index contributed by atoms with van der Waals surface area (Å²) in [6, 6.07) is 20.7. The number of fused-ring (bicyclic) bond motifs is 3. The third-order valence-electron chi connectivity index (χ3n) is 6.69. The number of anilines is 2. The Bertz CT molecular complexity index is 1960. The smallest absolute Gasteiger partial charge is 0.407 e. The Hall–Kier alpha value is -3.43. The van der Waals surface area contributed by atoms with Gasteiger partial charge >= 0.3 is 6.09 Å². The maximum atomic E-state index is 14.3. The van der Waals surface area contributed by atoms with Crippen molar-refractivity contribution in [2.45, 2.75) is 44.6 Å². The van der Waals surface area contributed by atoms with Gasteiger partial charge in [-0.25, -0.2) is 17.2 Å². The van der Waals surface area contributed by atoms with Gasteiger partial charge in [0.05, 0.1) is 26.6 Å². The molecule has 224 valence electrons. The zero-order valence-corrected chi connectivity index (χ0v) is 27.0. The summed E-state index contributed by atoms with van der Waals surface area (Å²) in [5.74, 6) is 0. The molecule has 1 heterocycles.